The Bertz CT molecular complexity index is 201. The van der Waals surface area contributed by atoms with Gasteiger partial charge in [-0.25, -0.2) is 0 Å². The molecule has 0 aliphatic carbocycles. The van der Waals surface area contributed by atoms with Crippen LogP contribution < -0.4 is 0 Å². The predicted octanol–water partition coefficient (Wildman–Crippen LogP) is 2.64. The van der Waals surface area contributed by atoms with E-state index in [2.05, 4.69) is 15.9 Å². The van der Waals surface area contributed by atoms with Gasteiger partial charge in [0, 0.05) is 5.33 Å². The zero-order valence-corrected chi connectivity index (χ0v) is 10.0. The molecule has 14 heavy (non-hydrogen) atoms. The number of alkyl halides is 1. The van der Waals surface area contributed by atoms with Gasteiger partial charge in [0.25, 0.3) is 0 Å². The van der Waals surface area contributed by atoms with Gasteiger partial charge < -0.3 is 4.74 Å². The molecule has 0 saturated heterocycles. The average molecular weight is 262 g/mol. The van der Waals surface area contributed by atoms with Gasteiger partial charge in [0.2, 0.25) is 0 Å². The molecule has 1 unspecified atom stereocenters. The van der Waals surface area contributed by atoms with Crippen LogP contribution in [-0.4, -0.2) is 17.9 Å². The highest BCUT2D eigenvalue weighted by Crippen LogP contribution is 2.11. The standard InChI is InChI=1S/C10H16BrNO2/c1-2-14-10(13)9(8-12)6-4-3-5-7-11/h9H,2-7H2,1H3. The number of carbonyl (C=O) groups is 1. The van der Waals surface area contributed by atoms with Crippen LogP contribution in [0.3, 0.4) is 0 Å². The molecule has 0 rings (SSSR count). The molecular formula is C10H16BrNO2. The minimum atomic E-state index is -0.578. The minimum Gasteiger partial charge on any atom is -0.465 e. The van der Waals surface area contributed by atoms with Crippen LogP contribution in [0.5, 0.6) is 0 Å². The number of rotatable bonds is 7. The van der Waals surface area contributed by atoms with E-state index in [-0.39, 0.29) is 5.97 Å². The maximum Gasteiger partial charge on any atom is 0.323 e. The van der Waals surface area contributed by atoms with Gasteiger partial charge in [-0.15, -0.1) is 0 Å². The number of carbonyl (C=O) groups excluding carboxylic acids is 1. The summed E-state index contributed by atoms with van der Waals surface area (Å²) in [5.41, 5.74) is 0. The van der Waals surface area contributed by atoms with Crippen molar-refractivity contribution in [2.45, 2.75) is 32.6 Å². The summed E-state index contributed by atoms with van der Waals surface area (Å²) in [5, 5.41) is 9.70. The molecule has 0 bridgehead atoms. The normalized spacial score (nSPS) is 11.8. The summed E-state index contributed by atoms with van der Waals surface area (Å²) in [7, 11) is 0. The zero-order valence-electron chi connectivity index (χ0n) is 8.46. The van der Waals surface area contributed by atoms with Crippen molar-refractivity contribution in [3.63, 3.8) is 0 Å². The third-order valence-electron chi connectivity index (χ3n) is 1.85. The second-order valence-corrected chi connectivity index (χ2v) is 3.77. The van der Waals surface area contributed by atoms with Crippen LogP contribution in [0.1, 0.15) is 32.6 Å². The molecule has 0 saturated carbocycles. The average Bonchev–Trinajstić information content (AvgIpc) is 2.18. The summed E-state index contributed by atoms with van der Waals surface area (Å²) in [6.45, 7) is 2.09. The number of unbranched alkanes of at least 4 members (excludes halogenated alkanes) is 2. The van der Waals surface area contributed by atoms with Crippen molar-refractivity contribution >= 4 is 21.9 Å². The highest BCUT2D eigenvalue weighted by atomic mass is 79.9. The molecule has 1 atom stereocenters. The van der Waals surface area contributed by atoms with Gasteiger partial charge in [0.15, 0.2) is 0 Å². The van der Waals surface area contributed by atoms with E-state index in [1.165, 1.54) is 0 Å². The lowest BCUT2D eigenvalue weighted by Crippen LogP contribution is -2.16. The summed E-state index contributed by atoms with van der Waals surface area (Å²) in [4.78, 5) is 11.2. The maximum atomic E-state index is 11.2. The van der Waals surface area contributed by atoms with Crippen LogP contribution in [0.25, 0.3) is 0 Å². The lowest BCUT2D eigenvalue weighted by atomic mass is 10.0. The summed E-state index contributed by atoms with van der Waals surface area (Å²) in [6.07, 6.45) is 3.65. The second kappa shape index (κ2) is 9.01. The Hall–Kier alpha value is -0.560. The summed E-state index contributed by atoms with van der Waals surface area (Å²) in [6, 6.07) is 1.98. The molecule has 0 fully saturated rings. The fraction of sp³-hybridized carbons (Fsp3) is 0.800. The quantitative estimate of drug-likeness (QED) is 0.402. The first-order valence-electron chi connectivity index (χ1n) is 4.88. The van der Waals surface area contributed by atoms with Crippen LogP contribution in [0.2, 0.25) is 0 Å². The molecule has 0 aromatic carbocycles. The van der Waals surface area contributed by atoms with Crippen LogP contribution in [0, 0.1) is 17.2 Å². The Morgan fingerprint density at radius 3 is 2.71 bits per heavy atom. The van der Waals surface area contributed by atoms with Gasteiger partial charge in [-0.3, -0.25) is 4.79 Å². The first-order valence-corrected chi connectivity index (χ1v) is 6.00. The van der Waals surface area contributed by atoms with Gasteiger partial charge in [0.1, 0.15) is 5.92 Å². The summed E-state index contributed by atoms with van der Waals surface area (Å²) < 4.78 is 4.78. The highest BCUT2D eigenvalue weighted by Gasteiger charge is 2.17. The highest BCUT2D eigenvalue weighted by molar-refractivity contribution is 9.09. The molecule has 4 heteroatoms. The van der Waals surface area contributed by atoms with E-state index in [4.69, 9.17) is 10.00 Å². The van der Waals surface area contributed by atoms with Crippen LogP contribution in [0.15, 0.2) is 0 Å². The Morgan fingerprint density at radius 2 is 2.21 bits per heavy atom. The summed E-state index contributed by atoms with van der Waals surface area (Å²) >= 11 is 3.33. The lowest BCUT2D eigenvalue weighted by molar-refractivity contribution is -0.146. The predicted molar refractivity (Wildman–Crippen MR) is 58.0 cm³/mol. The molecule has 0 N–H and O–H groups in total. The van der Waals surface area contributed by atoms with E-state index in [1.807, 2.05) is 6.07 Å². The fourth-order valence-corrected chi connectivity index (χ4v) is 1.49. The molecule has 0 amide bonds. The third kappa shape index (κ3) is 5.98. The molecule has 80 valence electrons. The van der Waals surface area contributed by atoms with E-state index < -0.39 is 5.92 Å². The molecule has 0 aromatic heterocycles. The number of hydrogen-bond donors (Lipinski definition) is 0. The van der Waals surface area contributed by atoms with Crippen molar-refractivity contribution in [1.82, 2.24) is 0 Å². The van der Waals surface area contributed by atoms with Gasteiger partial charge in [-0.05, 0) is 19.8 Å². The van der Waals surface area contributed by atoms with Crippen molar-refractivity contribution in [1.29, 1.82) is 5.26 Å². The van der Waals surface area contributed by atoms with E-state index >= 15 is 0 Å². The summed E-state index contributed by atoms with van der Waals surface area (Å²) in [5.74, 6) is -0.959. The minimum absolute atomic E-state index is 0.346. The monoisotopic (exact) mass is 261 g/mol. The number of halogens is 1. The van der Waals surface area contributed by atoms with Gasteiger partial charge >= 0.3 is 5.97 Å². The number of esters is 1. The largest absolute Gasteiger partial charge is 0.465 e. The number of nitriles is 1. The number of ether oxygens (including phenoxy) is 1. The van der Waals surface area contributed by atoms with E-state index in [0.717, 1.165) is 24.6 Å². The molecule has 3 nitrogen and oxygen atoms in total. The smallest absolute Gasteiger partial charge is 0.323 e. The number of nitrogens with zero attached hydrogens (tertiary/aromatic N) is 1. The zero-order chi connectivity index (χ0) is 10.8. The van der Waals surface area contributed by atoms with Gasteiger partial charge in [0.05, 0.1) is 12.7 Å². The molecule has 0 aliphatic heterocycles. The van der Waals surface area contributed by atoms with Gasteiger partial charge in [-0.2, -0.15) is 5.26 Å². The molecule has 0 radical (unpaired) electrons. The van der Waals surface area contributed by atoms with Crippen LogP contribution in [0.4, 0.5) is 0 Å². The van der Waals surface area contributed by atoms with Crippen molar-refractivity contribution in [3.05, 3.63) is 0 Å². The van der Waals surface area contributed by atoms with E-state index in [1.54, 1.807) is 6.92 Å². The Kier molecular flexibility index (Phi) is 8.65. The Morgan fingerprint density at radius 1 is 1.50 bits per heavy atom. The molecule has 0 aromatic rings. The number of hydrogen-bond acceptors (Lipinski definition) is 3. The molecule has 0 aliphatic rings. The lowest BCUT2D eigenvalue weighted by Gasteiger charge is -2.07. The van der Waals surface area contributed by atoms with Crippen molar-refractivity contribution < 1.29 is 9.53 Å². The topological polar surface area (TPSA) is 50.1 Å². The van der Waals surface area contributed by atoms with Crippen molar-refractivity contribution in [2.24, 2.45) is 5.92 Å². The Balaban J connectivity index is 3.69. The third-order valence-corrected chi connectivity index (χ3v) is 2.41. The van der Waals surface area contributed by atoms with Crippen molar-refractivity contribution in [3.8, 4) is 6.07 Å². The van der Waals surface area contributed by atoms with Crippen molar-refractivity contribution in [2.75, 3.05) is 11.9 Å². The molecule has 0 heterocycles. The second-order valence-electron chi connectivity index (χ2n) is 2.97. The maximum absolute atomic E-state index is 11.2. The van der Waals surface area contributed by atoms with Crippen LogP contribution >= 0.6 is 15.9 Å². The van der Waals surface area contributed by atoms with Crippen LogP contribution in [-0.2, 0) is 9.53 Å². The first-order chi connectivity index (χ1) is 6.76. The molecular weight excluding hydrogens is 246 g/mol. The first kappa shape index (κ1) is 13.4. The fourth-order valence-electron chi connectivity index (χ4n) is 1.10. The molecule has 0 spiro atoms. The van der Waals surface area contributed by atoms with E-state index in [9.17, 15) is 4.79 Å². The van der Waals surface area contributed by atoms with Gasteiger partial charge in [-0.1, -0.05) is 28.8 Å². The Labute approximate surface area is 93.6 Å². The van der Waals surface area contributed by atoms with E-state index in [0.29, 0.717) is 13.0 Å². The SMILES string of the molecule is CCOC(=O)C(C#N)CCCCCBr.